The van der Waals surface area contributed by atoms with Crippen molar-refractivity contribution in [1.29, 1.82) is 0 Å². The Kier molecular flexibility index (Phi) is 3.97. The van der Waals surface area contributed by atoms with Crippen LogP contribution in [0.5, 0.6) is 0 Å². The van der Waals surface area contributed by atoms with Crippen LogP contribution in [-0.4, -0.2) is 5.78 Å². The van der Waals surface area contributed by atoms with Gasteiger partial charge in [0.2, 0.25) is 0 Å². The molecular formula is C14H16BrFO. The van der Waals surface area contributed by atoms with Gasteiger partial charge < -0.3 is 0 Å². The van der Waals surface area contributed by atoms with Gasteiger partial charge in [0.05, 0.1) is 0 Å². The molecule has 17 heavy (non-hydrogen) atoms. The van der Waals surface area contributed by atoms with Gasteiger partial charge in [0, 0.05) is 16.8 Å². The van der Waals surface area contributed by atoms with E-state index in [1.165, 1.54) is 6.07 Å². The fourth-order valence-electron chi connectivity index (χ4n) is 2.51. The van der Waals surface area contributed by atoms with Crippen molar-refractivity contribution in [2.24, 2.45) is 11.8 Å². The summed E-state index contributed by atoms with van der Waals surface area (Å²) in [6, 6.07) is 4.76. The third-order valence-corrected chi connectivity index (χ3v) is 4.02. The molecule has 1 aromatic rings. The molecule has 0 heterocycles. The predicted octanol–water partition coefficient (Wildman–Crippen LogP) is 4.14. The minimum atomic E-state index is -0.285. The SMILES string of the molecule is CC1CCC(C(=O)Cc2cc(Br)ccc2F)C1. The number of carbonyl (C=O) groups excluding carboxylic acids is 1. The van der Waals surface area contributed by atoms with Gasteiger partial charge in [-0.1, -0.05) is 22.9 Å². The average Bonchev–Trinajstić information content (AvgIpc) is 2.70. The molecule has 2 unspecified atom stereocenters. The summed E-state index contributed by atoms with van der Waals surface area (Å²) < 4.78 is 14.3. The van der Waals surface area contributed by atoms with E-state index in [0.29, 0.717) is 11.5 Å². The Morgan fingerprint density at radius 1 is 1.47 bits per heavy atom. The second-order valence-electron chi connectivity index (χ2n) is 4.99. The van der Waals surface area contributed by atoms with Crippen LogP contribution in [0.25, 0.3) is 0 Å². The molecule has 0 radical (unpaired) electrons. The van der Waals surface area contributed by atoms with Crippen molar-refractivity contribution in [2.45, 2.75) is 32.6 Å². The van der Waals surface area contributed by atoms with E-state index in [2.05, 4.69) is 22.9 Å². The second kappa shape index (κ2) is 5.30. The summed E-state index contributed by atoms with van der Waals surface area (Å²) in [4.78, 5) is 12.0. The van der Waals surface area contributed by atoms with Gasteiger partial charge in [-0.15, -0.1) is 0 Å². The predicted molar refractivity (Wildman–Crippen MR) is 69.3 cm³/mol. The van der Waals surface area contributed by atoms with Crippen molar-refractivity contribution in [3.63, 3.8) is 0 Å². The van der Waals surface area contributed by atoms with E-state index in [0.717, 1.165) is 23.7 Å². The lowest BCUT2D eigenvalue weighted by atomic mass is 9.95. The molecule has 1 nitrogen and oxygen atoms in total. The first kappa shape index (κ1) is 12.7. The molecule has 1 saturated carbocycles. The maximum atomic E-state index is 13.5. The van der Waals surface area contributed by atoms with Crippen molar-refractivity contribution in [3.05, 3.63) is 34.1 Å². The molecule has 0 aliphatic heterocycles. The summed E-state index contributed by atoms with van der Waals surface area (Å²) in [5, 5.41) is 0. The first-order chi connectivity index (χ1) is 8.06. The van der Waals surface area contributed by atoms with E-state index in [-0.39, 0.29) is 23.9 Å². The molecule has 0 amide bonds. The topological polar surface area (TPSA) is 17.1 Å². The highest BCUT2D eigenvalue weighted by atomic mass is 79.9. The zero-order valence-electron chi connectivity index (χ0n) is 9.88. The molecule has 1 fully saturated rings. The Morgan fingerprint density at radius 3 is 2.88 bits per heavy atom. The van der Waals surface area contributed by atoms with E-state index in [1.807, 2.05) is 0 Å². The van der Waals surface area contributed by atoms with Gasteiger partial charge in [0.15, 0.2) is 0 Å². The molecule has 1 aliphatic carbocycles. The van der Waals surface area contributed by atoms with Gasteiger partial charge in [-0.05, 0) is 48.9 Å². The highest BCUT2D eigenvalue weighted by Gasteiger charge is 2.27. The minimum absolute atomic E-state index is 0.142. The van der Waals surface area contributed by atoms with Crippen molar-refractivity contribution in [3.8, 4) is 0 Å². The fourth-order valence-corrected chi connectivity index (χ4v) is 2.92. The second-order valence-corrected chi connectivity index (χ2v) is 5.91. The largest absolute Gasteiger partial charge is 0.299 e. The molecule has 92 valence electrons. The maximum absolute atomic E-state index is 13.5. The van der Waals surface area contributed by atoms with Crippen molar-refractivity contribution in [1.82, 2.24) is 0 Å². The zero-order chi connectivity index (χ0) is 12.4. The van der Waals surface area contributed by atoms with Crippen LogP contribution in [0.1, 0.15) is 31.7 Å². The van der Waals surface area contributed by atoms with E-state index in [1.54, 1.807) is 12.1 Å². The number of ketones is 1. The molecule has 0 aromatic heterocycles. The summed E-state index contributed by atoms with van der Waals surface area (Å²) in [7, 11) is 0. The highest BCUT2D eigenvalue weighted by Crippen LogP contribution is 2.32. The average molecular weight is 299 g/mol. The monoisotopic (exact) mass is 298 g/mol. The Morgan fingerprint density at radius 2 is 2.24 bits per heavy atom. The number of rotatable bonds is 3. The van der Waals surface area contributed by atoms with Crippen LogP contribution in [-0.2, 0) is 11.2 Å². The molecule has 0 N–H and O–H groups in total. The van der Waals surface area contributed by atoms with Gasteiger partial charge in [-0.3, -0.25) is 4.79 Å². The first-order valence-corrected chi connectivity index (χ1v) is 6.82. The van der Waals surface area contributed by atoms with Crippen LogP contribution < -0.4 is 0 Å². The molecule has 0 spiro atoms. The van der Waals surface area contributed by atoms with E-state index < -0.39 is 0 Å². The smallest absolute Gasteiger partial charge is 0.140 e. The lowest BCUT2D eigenvalue weighted by Crippen LogP contribution is -2.14. The summed E-state index contributed by atoms with van der Waals surface area (Å²) >= 11 is 3.30. The van der Waals surface area contributed by atoms with Crippen LogP contribution in [0.2, 0.25) is 0 Å². The number of Topliss-reactive ketones (excluding diaryl/α,β-unsaturated/α-hetero) is 1. The van der Waals surface area contributed by atoms with Gasteiger partial charge in [0.25, 0.3) is 0 Å². The molecule has 2 rings (SSSR count). The first-order valence-electron chi connectivity index (χ1n) is 6.03. The summed E-state index contributed by atoms with van der Waals surface area (Å²) in [5.41, 5.74) is 0.504. The van der Waals surface area contributed by atoms with Crippen molar-refractivity contribution >= 4 is 21.7 Å². The number of hydrogen-bond acceptors (Lipinski definition) is 1. The minimum Gasteiger partial charge on any atom is -0.299 e. The fraction of sp³-hybridized carbons (Fsp3) is 0.500. The zero-order valence-corrected chi connectivity index (χ0v) is 11.5. The summed E-state index contributed by atoms with van der Waals surface area (Å²) in [6.45, 7) is 2.17. The third kappa shape index (κ3) is 3.15. The Labute approximate surface area is 110 Å². The van der Waals surface area contributed by atoms with Gasteiger partial charge in [-0.2, -0.15) is 0 Å². The van der Waals surface area contributed by atoms with E-state index in [9.17, 15) is 9.18 Å². The maximum Gasteiger partial charge on any atom is 0.140 e. The Hall–Kier alpha value is -0.700. The lowest BCUT2D eigenvalue weighted by Gasteiger charge is -2.09. The third-order valence-electron chi connectivity index (χ3n) is 3.52. The summed E-state index contributed by atoms with van der Waals surface area (Å²) in [6.07, 6.45) is 3.28. The van der Waals surface area contributed by atoms with Gasteiger partial charge in [0.1, 0.15) is 11.6 Å². The standard InChI is InChI=1S/C14H16BrFO/c1-9-2-3-10(6-9)14(17)8-11-7-12(15)4-5-13(11)16/h4-5,7,9-10H,2-3,6,8H2,1H3. The molecule has 0 saturated heterocycles. The van der Waals surface area contributed by atoms with Crippen LogP contribution in [0.3, 0.4) is 0 Å². The lowest BCUT2D eigenvalue weighted by molar-refractivity contribution is -0.122. The van der Waals surface area contributed by atoms with Gasteiger partial charge >= 0.3 is 0 Å². The number of benzene rings is 1. The normalized spacial score (nSPS) is 23.9. The molecule has 3 heteroatoms. The van der Waals surface area contributed by atoms with E-state index >= 15 is 0 Å². The van der Waals surface area contributed by atoms with Crippen LogP contribution in [0, 0.1) is 17.7 Å². The highest BCUT2D eigenvalue weighted by molar-refractivity contribution is 9.10. The molecule has 0 bridgehead atoms. The number of hydrogen-bond donors (Lipinski definition) is 0. The number of carbonyl (C=O) groups is 1. The van der Waals surface area contributed by atoms with Gasteiger partial charge in [-0.25, -0.2) is 4.39 Å². The van der Waals surface area contributed by atoms with Crippen molar-refractivity contribution in [2.75, 3.05) is 0 Å². The molecule has 1 aliphatic rings. The number of halogens is 2. The van der Waals surface area contributed by atoms with Crippen LogP contribution in [0.4, 0.5) is 4.39 Å². The molecule has 2 atom stereocenters. The molecular weight excluding hydrogens is 283 g/mol. The molecule has 1 aromatic carbocycles. The quantitative estimate of drug-likeness (QED) is 0.820. The summed E-state index contributed by atoms with van der Waals surface area (Å²) in [5.74, 6) is 0.679. The van der Waals surface area contributed by atoms with Crippen LogP contribution >= 0.6 is 15.9 Å². The Bertz CT molecular complexity index is 430. The van der Waals surface area contributed by atoms with E-state index in [4.69, 9.17) is 0 Å². The van der Waals surface area contributed by atoms with Crippen LogP contribution in [0.15, 0.2) is 22.7 Å². The Balaban J connectivity index is 2.05. The van der Waals surface area contributed by atoms with Crippen molar-refractivity contribution < 1.29 is 9.18 Å².